The van der Waals surface area contributed by atoms with Gasteiger partial charge < -0.3 is 14.5 Å². The van der Waals surface area contributed by atoms with Crippen molar-refractivity contribution >= 4 is 17.3 Å². The summed E-state index contributed by atoms with van der Waals surface area (Å²) in [7, 11) is 0. The van der Waals surface area contributed by atoms with Crippen molar-refractivity contribution in [1.29, 1.82) is 0 Å². The summed E-state index contributed by atoms with van der Waals surface area (Å²) in [6, 6.07) is 6.82. The monoisotopic (exact) mass is 362 g/mol. The Balaban J connectivity index is 1.54. The lowest BCUT2D eigenvalue weighted by Gasteiger charge is -2.38. The van der Waals surface area contributed by atoms with Crippen LogP contribution in [0.1, 0.15) is 13.8 Å². The number of morpholine rings is 1. The highest BCUT2D eigenvalue weighted by molar-refractivity contribution is 5.78. The fraction of sp³-hybridized carbons (Fsp3) is 0.611. The minimum Gasteiger partial charge on any atom is -0.372 e. The highest BCUT2D eigenvalue weighted by Crippen LogP contribution is 2.28. The van der Waals surface area contributed by atoms with Gasteiger partial charge in [0.15, 0.2) is 0 Å². The maximum absolute atomic E-state index is 12.6. The normalized spacial score (nSPS) is 24.5. The van der Waals surface area contributed by atoms with Gasteiger partial charge in [-0.2, -0.15) is 0 Å². The molecule has 2 heterocycles. The van der Waals surface area contributed by atoms with Gasteiger partial charge in [0.25, 0.3) is 5.69 Å². The molecule has 2 saturated heterocycles. The molecule has 2 atom stereocenters. The molecule has 0 aliphatic carbocycles. The molecular formula is C18H26N4O4. The lowest BCUT2D eigenvalue weighted by molar-refractivity contribution is -0.384. The van der Waals surface area contributed by atoms with Crippen molar-refractivity contribution < 1.29 is 14.5 Å². The van der Waals surface area contributed by atoms with Crippen LogP contribution in [0.4, 0.5) is 11.4 Å². The number of rotatable bonds is 4. The predicted molar refractivity (Wildman–Crippen MR) is 98.3 cm³/mol. The molecule has 8 nitrogen and oxygen atoms in total. The molecule has 0 spiro atoms. The second-order valence-corrected chi connectivity index (χ2v) is 7.07. The van der Waals surface area contributed by atoms with E-state index in [2.05, 4.69) is 4.90 Å². The van der Waals surface area contributed by atoms with Crippen LogP contribution in [0.25, 0.3) is 0 Å². The zero-order chi connectivity index (χ0) is 18.7. The molecule has 3 rings (SSSR count). The second-order valence-electron chi connectivity index (χ2n) is 7.07. The maximum Gasteiger partial charge on any atom is 0.292 e. The van der Waals surface area contributed by atoms with E-state index in [4.69, 9.17) is 4.74 Å². The van der Waals surface area contributed by atoms with E-state index in [9.17, 15) is 14.9 Å². The van der Waals surface area contributed by atoms with Gasteiger partial charge in [0, 0.05) is 45.3 Å². The molecule has 2 aliphatic rings. The van der Waals surface area contributed by atoms with E-state index in [1.54, 1.807) is 12.1 Å². The highest BCUT2D eigenvalue weighted by atomic mass is 16.6. The van der Waals surface area contributed by atoms with E-state index in [-0.39, 0.29) is 28.7 Å². The van der Waals surface area contributed by atoms with Crippen LogP contribution < -0.4 is 4.90 Å². The number of nitro benzene ring substituents is 1. The average molecular weight is 362 g/mol. The van der Waals surface area contributed by atoms with Crippen molar-refractivity contribution in [1.82, 2.24) is 9.80 Å². The Morgan fingerprint density at radius 3 is 2.38 bits per heavy atom. The van der Waals surface area contributed by atoms with Crippen molar-refractivity contribution in [3.05, 3.63) is 34.4 Å². The maximum atomic E-state index is 12.6. The third kappa shape index (κ3) is 4.31. The standard InChI is InChI=1S/C18H26N4O4/c1-14-11-21(12-15(2)26-14)18(23)13-19-7-9-20(10-8-19)16-5-3-4-6-17(16)22(24)25/h3-6,14-15H,7-13H2,1-2H3/t14-,15+. The van der Waals surface area contributed by atoms with Crippen LogP contribution >= 0.6 is 0 Å². The van der Waals surface area contributed by atoms with Crippen LogP contribution in [0.2, 0.25) is 0 Å². The third-order valence-electron chi connectivity index (χ3n) is 4.92. The number of nitro groups is 1. The fourth-order valence-electron chi connectivity index (χ4n) is 3.71. The van der Waals surface area contributed by atoms with Crippen LogP contribution in [0.5, 0.6) is 0 Å². The summed E-state index contributed by atoms with van der Waals surface area (Å²) in [5.74, 6) is 0.131. The largest absolute Gasteiger partial charge is 0.372 e. The molecule has 0 bridgehead atoms. The van der Waals surface area contributed by atoms with Crippen molar-refractivity contribution in [3.63, 3.8) is 0 Å². The van der Waals surface area contributed by atoms with Crippen LogP contribution in [0, 0.1) is 10.1 Å². The first-order valence-corrected chi connectivity index (χ1v) is 9.08. The number of amides is 1. The molecule has 0 saturated carbocycles. The number of anilines is 1. The first kappa shape index (κ1) is 18.6. The molecule has 2 fully saturated rings. The number of piperazine rings is 1. The molecular weight excluding hydrogens is 336 g/mol. The number of para-hydroxylation sites is 2. The van der Waals surface area contributed by atoms with Gasteiger partial charge in [0.2, 0.25) is 5.91 Å². The number of nitrogens with zero attached hydrogens (tertiary/aromatic N) is 4. The van der Waals surface area contributed by atoms with Crippen molar-refractivity contribution in [2.75, 3.05) is 50.7 Å². The molecule has 142 valence electrons. The third-order valence-corrected chi connectivity index (χ3v) is 4.92. The van der Waals surface area contributed by atoms with Crippen molar-refractivity contribution in [3.8, 4) is 0 Å². The predicted octanol–water partition coefficient (Wildman–Crippen LogP) is 1.35. The molecule has 0 radical (unpaired) electrons. The summed E-state index contributed by atoms with van der Waals surface area (Å²) in [4.78, 5) is 29.5. The quantitative estimate of drug-likeness (QED) is 0.594. The number of ether oxygens (including phenoxy) is 1. The smallest absolute Gasteiger partial charge is 0.292 e. The first-order valence-electron chi connectivity index (χ1n) is 9.08. The molecule has 0 N–H and O–H groups in total. The Bertz CT molecular complexity index is 650. The molecule has 2 aliphatic heterocycles. The van der Waals surface area contributed by atoms with Crippen LogP contribution in [-0.2, 0) is 9.53 Å². The van der Waals surface area contributed by atoms with Gasteiger partial charge in [-0.3, -0.25) is 19.8 Å². The number of carbonyl (C=O) groups excluding carboxylic acids is 1. The molecule has 0 aromatic heterocycles. The van der Waals surface area contributed by atoms with Crippen molar-refractivity contribution in [2.24, 2.45) is 0 Å². The first-order chi connectivity index (χ1) is 12.4. The van der Waals surface area contributed by atoms with Gasteiger partial charge >= 0.3 is 0 Å². The molecule has 0 unspecified atom stereocenters. The van der Waals surface area contributed by atoms with E-state index in [0.29, 0.717) is 51.5 Å². The SMILES string of the molecule is C[C@@H]1CN(C(=O)CN2CCN(c3ccccc3[N+](=O)[O-])CC2)C[C@H](C)O1. The van der Waals surface area contributed by atoms with Crippen LogP contribution in [-0.4, -0.2) is 78.7 Å². The Hall–Kier alpha value is -2.19. The summed E-state index contributed by atoms with van der Waals surface area (Å²) in [6.07, 6.45) is 0.136. The Labute approximate surface area is 153 Å². The number of carbonyl (C=O) groups is 1. The number of hydrogen-bond donors (Lipinski definition) is 0. The number of benzene rings is 1. The Morgan fingerprint density at radius 1 is 1.15 bits per heavy atom. The fourth-order valence-corrected chi connectivity index (χ4v) is 3.71. The molecule has 8 heteroatoms. The summed E-state index contributed by atoms with van der Waals surface area (Å²) in [5, 5.41) is 11.2. The summed E-state index contributed by atoms with van der Waals surface area (Å²) >= 11 is 0. The molecule has 26 heavy (non-hydrogen) atoms. The highest BCUT2D eigenvalue weighted by Gasteiger charge is 2.28. The van der Waals surface area contributed by atoms with E-state index in [1.165, 1.54) is 6.07 Å². The molecule has 1 aromatic carbocycles. The summed E-state index contributed by atoms with van der Waals surface area (Å²) in [5.41, 5.74) is 0.785. The van der Waals surface area contributed by atoms with Gasteiger partial charge in [-0.1, -0.05) is 12.1 Å². The van der Waals surface area contributed by atoms with Gasteiger partial charge in [0.1, 0.15) is 5.69 Å². The van der Waals surface area contributed by atoms with Crippen LogP contribution in [0.3, 0.4) is 0 Å². The van der Waals surface area contributed by atoms with E-state index in [0.717, 1.165) is 0 Å². The van der Waals surface area contributed by atoms with E-state index in [1.807, 2.05) is 29.7 Å². The Kier molecular flexibility index (Phi) is 5.73. The van der Waals surface area contributed by atoms with E-state index < -0.39 is 0 Å². The lowest BCUT2D eigenvalue weighted by atomic mass is 10.2. The minimum absolute atomic E-state index is 0.0678. The minimum atomic E-state index is -0.341. The Morgan fingerprint density at radius 2 is 1.77 bits per heavy atom. The lowest BCUT2D eigenvalue weighted by Crippen LogP contribution is -2.54. The van der Waals surface area contributed by atoms with Gasteiger partial charge in [-0.15, -0.1) is 0 Å². The molecule has 1 amide bonds. The zero-order valence-corrected chi connectivity index (χ0v) is 15.3. The average Bonchev–Trinajstić information content (AvgIpc) is 2.61. The summed E-state index contributed by atoms with van der Waals surface area (Å²) in [6.45, 7) is 8.42. The van der Waals surface area contributed by atoms with Crippen molar-refractivity contribution in [2.45, 2.75) is 26.1 Å². The number of hydrogen-bond acceptors (Lipinski definition) is 6. The second kappa shape index (κ2) is 8.01. The van der Waals surface area contributed by atoms with E-state index >= 15 is 0 Å². The zero-order valence-electron chi connectivity index (χ0n) is 15.3. The topological polar surface area (TPSA) is 79.2 Å². The van der Waals surface area contributed by atoms with Gasteiger partial charge in [0.05, 0.1) is 23.7 Å². The van der Waals surface area contributed by atoms with Gasteiger partial charge in [-0.25, -0.2) is 0 Å². The van der Waals surface area contributed by atoms with Gasteiger partial charge in [-0.05, 0) is 19.9 Å². The van der Waals surface area contributed by atoms with Crippen LogP contribution in [0.15, 0.2) is 24.3 Å². The molecule has 1 aromatic rings. The summed E-state index contributed by atoms with van der Waals surface area (Å²) < 4.78 is 5.68.